The molecule has 132 valence electrons. The molecule has 1 aliphatic heterocycles. The average Bonchev–Trinajstić information content (AvgIpc) is 3.12. The van der Waals surface area contributed by atoms with Gasteiger partial charge in [-0.15, -0.1) is 10.2 Å². The molecule has 2 aromatic carbocycles. The van der Waals surface area contributed by atoms with Gasteiger partial charge in [-0.25, -0.2) is 4.90 Å². The van der Waals surface area contributed by atoms with Gasteiger partial charge in [0.1, 0.15) is 11.9 Å². The molecule has 0 spiro atoms. The number of fused-ring (bicyclic) bond motifs is 1. The number of rotatable bonds is 3. The Labute approximate surface area is 168 Å². The minimum Gasteiger partial charge on any atom is -0.284 e. The van der Waals surface area contributed by atoms with Gasteiger partial charge < -0.3 is 0 Å². The predicted molar refractivity (Wildman–Crippen MR) is 105 cm³/mol. The van der Waals surface area contributed by atoms with Gasteiger partial charge in [-0.2, -0.15) is 0 Å². The molecule has 2 heterocycles. The van der Waals surface area contributed by atoms with E-state index >= 15 is 0 Å². The van der Waals surface area contributed by atoms with Crippen LogP contribution in [0.5, 0.6) is 0 Å². The molecule has 8 heteroatoms. The van der Waals surface area contributed by atoms with Gasteiger partial charge in [0.15, 0.2) is 0 Å². The molecule has 0 unspecified atom stereocenters. The molecule has 0 radical (unpaired) electrons. The summed E-state index contributed by atoms with van der Waals surface area (Å²) in [7, 11) is 0. The van der Waals surface area contributed by atoms with Gasteiger partial charge in [-0.05, 0) is 42.8 Å². The lowest BCUT2D eigenvalue weighted by Gasteiger charge is -2.24. The molecule has 1 atom stereocenters. The highest BCUT2D eigenvalue weighted by Gasteiger charge is 2.49. The quantitative estimate of drug-likeness (QED) is 0.563. The summed E-state index contributed by atoms with van der Waals surface area (Å²) in [6.07, 6.45) is 2.09. The van der Waals surface area contributed by atoms with Crippen LogP contribution < -0.4 is 4.90 Å². The highest BCUT2D eigenvalue weighted by atomic mass is 79.9. The zero-order valence-electron chi connectivity index (χ0n) is 13.7. The lowest BCUT2D eigenvalue weighted by molar-refractivity contribution is -0.123. The normalized spacial score (nSPS) is 19.1. The zero-order valence-corrected chi connectivity index (χ0v) is 16.8. The number of hydrogen-bond donors (Lipinski definition) is 0. The maximum atomic E-state index is 13.4. The molecule has 1 aromatic heterocycles. The van der Waals surface area contributed by atoms with Crippen molar-refractivity contribution in [3.8, 4) is 0 Å². The second kappa shape index (κ2) is 6.37. The van der Waals surface area contributed by atoms with Crippen molar-refractivity contribution in [3.63, 3.8) is 0 Å². The molecule has 0 saturated heterocycles. The van der Waals surface area contributed by atoms with Crippen LogP contribution in [0.25, 0.3) is 0 Å². The molecule has 4 rings (SSSR count). The molecular formula is C18H13BrCl2N4O. The van der Waals surface area contributed by atoms with E-state index in [0.717, 1.165) is 10.0 Å². The van der Waals surface area contributed by atoms with E-state index in [2.05, 4.69) is 26.1 Å². The van der Waals surface area contributed by atoms with Gasteiger partial charge >= 0.3 is 0 Å². The summed E-state index contributed by atoms with van der Waals surface area (Å²) in [4.78, 5) is 14.9. The van der Waals surface area contributed by atoms with Crippen molar-refractivity contribution in [1.29, 1.82) is 0 Å². The molecule has 0 aliphatic carbocycles. The number of halogens is 3. The zero-order chi connectivity index (χ0) is 18.5. The van der Waals surface area contributed by atoms with E-state index in [1.807, 2.05) is 31.2 Å². The third-order valence-corrected chi connectivity index (χ3v) is 5.46. The van der Waals surface area contributed by atoms with E-state index in [1.54, 1.807) is 29.1 Å². The van der Waals surface area contributed by atoms with E-state index in [0.29, 0.717) is 28.1 Å². The number of carbonyl (C=O) groups is 1. The summed E-state index contributed by atoms with van der Waals surface area (Å²) < 4.78 is 2.79. The van der Waals surface area contributed by atoms with Crippen LogP contribution in [0.1, 0.15) is 12.5 Å². The van der Waals surface area contributed by atoms with Crippen LogP contribution in [-0.2, 0) is 16.8 Å². The summed E-state index contributed by atoms with van der Waals surface area (Å²) in [6.45, 7) is 1.89. The number of hydrogen-bond acceptors (Lipinski definition) is 3. The summed E-state index contributed by atoms with van der Waals surface area (Å²) in [6, 6.07) is 12.9. The summed E-state index contributed by atoms with van der Waals surface area (Å²) >= 11 is 15.7. The van der Waals surface area contributed by atoms with Crippen molar-refractivity contribution >= 4 is 56.7 Å². The fraction of sp³-hybridized carbons (Fsp3) is 0.167. The maximum absolute atomic E-state index is 13.4. The predicted octanol–water partition coefficient (Wildman–Crippen LogP) is 4.98. The number of benzene rings is 2. The number of amides is 1. The Balaban J connectivity index is 1.79. The standard InChI is InChI=1S/C18H13BrCl2N4O/c1-18(9-11-2-4-12(19)5-3-11)16(26)25(17-23-22-10-24(17)18)15-7-13(20)6-14(21)8-15/h2-8,10H,9H2,1H3/t18-/m1/s1. The van der Waals surface area contributed by atoms with Gasteiger partial charge in [0.25, 0.3) is 5.91 Å². The molecule has 0 N–H and O–H groups in total. The van der Waals surface area contributed by atoms with Crippen molar-refractivity contribution in [1.82, 2.24) is 14.8 Å². The van der Waals surface area contributed by atoms with Gasteiger partial charge in [-0.1, -0.05) is 51.3 Å². The SMILES string of the molecule is C[C@@]1(Cc2ccc(Br)cc2)C(=O)N(c2cc(Cl)cc(Cl)c2)c2nncn21. The van der Waals surface area contributed by atoms with E-state index in [9.17, 15) is 4.79 Å². The fourth-order valence-electron chi connectivity index (χ4n) is 3.23. The molecular weight excluding hydrogens is 439 g/mol. The van der Waals surface area contributed by atoms with Crippen LogP contribution in [-0.4, -0.2) is 20.7 Å². The number of aromatic nitrogens is 3. The molecule has 0 bridgehead atoms. The van der Waals surface area contributed by atoms with Crippen LogP contribution in [0.15, 0.2) is 53.3 Å². The average molecular weight is 452 g/mol. The Morgan fingerprint density at radius 3 is 2.42 bits per heavy atom. The van der Waals surface area contributed by atoms with Crippen LogP contribution in [0, 0.1) is 0 Å². The molecule has 5 nitrogen and oxygen atoms in total. The molecule has 26 heavy (non-hydrogen) atoms. The highest BCUT2D eigenvalue weighted by molar-refractivity contribution is 9.10. The summed E-state index contributed by atoms with van der Waals surface area (Å²) in [5.74, 6) is 0.344. The summed E-state index contributed by atoms with van der Waals surface area (Å²) in [5, 5.41) is 9.04. The lowest BCUT2D eigenvalue weighted by Crippen LogP contribution is -2.40. The largest absolute Gasteiger partial charge is 0.284 e. The first-order valence-corrected chi connectivity index (χ1v) is 9.39. The Morgan fingerprint density at radius 1 is 1.12 bits per heavy atom. The third-order valence-electron chi connectivity index (χ3n) is 4.49. The number of carbonyl (C=O) groups excluding carboxylic acids is 1. The second-order valence-corrected chi connectivity index (χ2v) is 8.13. The Bertz CT molecular complexity index is 984. The Morgan fingerprint density at radius 2 is 1.77 bits per heavy atom. The topological polar surface area (TPSA) is 51.0 Å². The van der Waals surface area contributed by atoms with Crippen LogP contribution >= 0.6 is 39.1 Å². The smallest absolute Gasteiger partial charge is 0.260 e. The fourth-order valence-corrected chi connectivity index (χ4v) is 4.00. The van der Waals surface area contributed by atoms with E-state index < -0.39 is 5.54 Å². The number of nitrogens with zero attached hydrogens (tertiary/aromatic N) is 4. The maximum Gasteiger partial charge on any atom is 0.260 e. The van der Waals surface area contributed by atoms with Gasteiger partial charge in [-0.3, -0.25) is 9.36 Å². The molecule has 1 amide bonds. The van der Waals surface area contributed by atoms with E-state index in [-0.39, 0.29) is 5.91 Å². The van der Waals surface area contributed by atoms with E-state index in [1.165, 1.54) is 4.90 Å². The lowest BCUT2D eigenvalue weighted by atomic mass is 9.92. The Hall–Kier alpha value is -1.89. The van der Waals surface area contributed by atoms with Gasteiger partial charge in [0.05, 0.1) is 5.69 Å². The minimum absolute atomic E-state index is 0.108. The summed E-state index contributed by atoms with van der Waals surface area (Å²) in [5.41, 5.74) is 0.762. The molecule has 1 aliphatic rings. The first-order valence-electron chi connectivity index (χ1n) is 7.84. The van der Waals surface area contributed by atoms with Crippen molar-refractivity contribution < 1.29 is 4.79 Å². The first-order chi connectivity index (χ1) is 12.4. The van der Waals surface area contributed by atoms with Crippen LogP contribution in [0.2, 0.25) is 10.0 Å². The molecule has 0 fully saturated rings. The van der Waals surface area contributed by atoms with Crippen molar-refractivity contribution in [2.24, 2.45) is 0 Å². The second-order valence-electron chi connectivity index (χ2n) is 6.35. The number of anilines is 2. The van der Waals surface area contributed by atoms with Gasteiger partial charge in [0.2, 0.25) is 5.95 Å². The molecule has 0 saturated carbocycles. The van der Waals surface area contributed by atoms with Crippen LogP contribution in [0.3, 0.4) is 0 Å². The van der Waals surface area contributed by atoms with Crippen molar-refractivity contribution in [2.75, 3.05) is 4.90 Å². The van der Waals surface area contributed by atoms with E-state index in [4.69, 9.17) is 23.2 Å². The van der Waals surface area contributed by atoms with Crippen LogP contribution in [0.4, 0.5) is 11.6 Å². The Kier molecular flexibility index (Phi) is 4.29. The van der Waals surface area contributed by atoms with Crippen molar-refractivity contribution in [2.45, 2.75) is 18.9 Å². The minimum atomic E-state index is -0.846. The monoisotopic (exact) mass is 450 g/mol. The third kappa shape index (κ3) is 2.82. The molecule has 3 aromatic rings. The van der Waals surface area contributed by atoms with Gasteiger partial charge in [0, 0.05) is 20.9 Å². The first kappa shape index (κ1) is 17.5. The van der Waals surface area contributed by atoms with Crippen molar-refractivity contribution in [3.05, 3.63) is 68.9 Å². The highest BCUT2D eigenvalue weighted by Crippen LogP contribution is 2.41.